The van der Waals surface area contributed by atoms with E-state index in [4.69, 9.17) is 0 Å². The number of rotatable bonds is 3. The van der Waals surface area contributed by atoms with E-state index in [2.05, 4.69) is 12.2 Å². The van der Waals surface area contributed by atoms with Crippen LogP contribution in [0.5, 0.6) is 0 Å². The second-order valence-electron chi connectivity index (χ2n) is 6.01. The Morgan fingerprint density at radius 1 is 1.10 bits per heavy atom. The second kappa shape index (κ2) is 6.41. The van der Waals surface area contributed by atoms with Gasteiger partial charge in [0.15, 0.2) is 0 Å². The van der Waals surface area contributed by atoms with E-state index in [1.165, 1.54) is 11.2 Å². The van der Waals surface area contributed by atoms with Gasteiger partial charge in [-0.05, 0) is 31.6 Å². The molecule has 2 fully saturated rings. The first-order valence-corrected chi connectivity index (χ1v) is 8.81. The first-order valence-electron chi connectivity index (χ1n) is 7.42. The third-order valence-corrected chi connectivity index (χ3v) is 6.03. The van der Waals surface area contributed by atoms with E-state index < -0.39 is 10.2 Å². The standard InChI is InChI=1S/C13H25N3O3S/c1-11-5-3-7-15(9-11)20(18,19)16-8-4-6-13(10-16)14-12(2)17/h11,13H,3-10H2,1-2H3,(H,14,17). The van der Waals surface area contributed by atoms with Crippen LogP contribution in [0.4, 0.5) is 0 Å². The fraction of sp³-hybridized carbons (Fsp3) is 0.923. The maximum Gasteiger partial charge on any atom is 0.282 e. The fourth-order valence-corrected chi connectivity index (χ4v) is 4.93. The van der Waals surface area contributed by atoms with Crippen molar-refractivity contribution >= 4 is 16.1 Å². The lowest BCUT2D eigenvalue weighted by Gasteiger charge is -2.38. The molecular formula is C13H25N3O3S. The van der Waals surface area contributed by atoms with Gasteiger partial charge in [-0.2, -0.15) is 17.0 Å². The van der Waals surface area contributed by atoms with Crippen molar-refractivity contribution in [1.29, 1.82) is 0 Å². The molecule has 0 aromatic carbocycles. The quantitative estimate of drug-likeness (QED) is 0.828. The molecule has 0 saturated carbocycles. The predicted octanol–water partition coefficient (Wildman–Crippen LogP) is 0.564. The molecular weight excluding hydrogens is 278 g/mol. The Hall–Kier alpha value is -0.660. The van der Waals surface area contributed by atoms with Crippen molar-refractivity contribution in [3.63, 3.8) is 0 Å². The molecule has 0 aromatic heterocycles. The lowest BCUT2D eigenvalue weighted by molar-refractivity contribution is -0.119. The Balaban J connectivity index is 2.02. The van der Waals surface area contributed by atoms with Crippen molar-refractivity contribution in [2.45, 2.75) is 45.6 Å². The van der Waals surface area contributed by atoms with E-state index in [1.54, 1.807) is 4.31 Å². The van der Waals surface area contributed by atoms with Crippen LogP contribution in [0.15, 0.2) is 0 Å². The van der Waals surface area contributed by atoms with E-state index in [1.807, 2.05) is 0 Å². The molecule has 7 heteroatoms. The number of carbonyl (C=O) groups excluding carboxylic acids is 1. The molecule has 1 N–H and O–H groups in total. The summed E-state index contributed by atoms with van der Waals surface area (Å²) in [6, 6.07) is -0.0572. The van der Waals surface area contributed by atoms with Crippen molar-refractivity contribution in [2.24, 2.45) is 5.92 Å². The normalized spacial score (nSPS) is 30.1. The molecule has 0 bridgehead atoms. The fourth-order valence-electron chi connectivity index (χ4n) is 3.08. The highest BCUT2D eigenvalue weighted by Gasteiger charge is 2.35. The van der Waals surface area contributed by atoms with Gasteiger partial charge in [-0.1, -0.05) is 6.92 Å². The van der Waals surface area contributed by atoms with E-state index >= 15 is 0 Å². The monoisotopic (exact) mass is 303 g/mol. The van der Waals surface area contributed by atoms with Crippen LogP contribution in [0.25, 0.3) is 0 Å². The number of hydrogen-bond donors (Lipinski definition) is 1. The van der Waals surface area contributed by atoms with Gasteiger partial charge in [-0.3, -0.25) is 4.79 Å². The van der Waals surface area contributed by atoms with Crippen molar-refractivity contribution in [3.8, 4) is 0 Å². The zero-order valence-electron chi connectivity index (χ0n) is 12.3. The Morgan fingerprint density at radius 2 is 1.70 bits per heavy atom. The van der Waals surface area contributed by atoms with Crippen LogP contribution in [0.3, 0.4) is 0 Å². The molecule has 116 valence electrons. The molecule has 2 heterocycles. The van der Waals surface area contributed by atoms with Crippen molar-refractivity contribution in [2.75, 3.05) is 26.2 Å². The van der Waals surface area contributed by atoms with E-state index in [0.29, 0.717) is 32.1 Å². The van der Waals surface area contributed by atoms with E-state index in [0.717, 1.165) is 25.7 Å². The highest BCUT2D eigenvalue weighted by molar-refractivity contribution is 7.86. The Kier molecular flexibility index (Phi) is 5.04. The lowest BCUT2D eigenvalue weighted by atomic mass is 10.0. The average molecular weight is 303 g/mol. The number of nitrogens with zero attached hydrogens (tertiary/aromatic N) is 2. The molecule has 2 rings (SSSR count). The summed E-state index contributed by atoms with van der Waals surface area (Å²) < 4.78 is 28.5. The summed E-state index contributed by atoms with van der Waals surface area (Å²) >= 11 is 0. The van der Waals surface area contributed by atoms with Crippen LogP contribution in [-0.2, 0) is 15.0 Å². The molecule has 20 heavy (non-hydrogen) atoms. The molecule has 2 unspecified atom stereocenters. The van der Waals surface area contributed by atoms with Crippen LogP contribution in [0.1, 0.15) is 39.5 Å². The first kappa shape index (κ1) is 15.7. The molecule has 0 aromatic rings. The highest BCUT2D eigenvalue weighted by Crippen LogP contribution is 2.23. The topological polar surface area (TPSA) is 69.7 Å². The van der Waals surface area contributed by atoms with Crippen molar-refractivity contribution in [3.05, 3.63) is 0 Å². The number of nitrogens with one attached hydrogen (secondary N) is 1. The minimum absolute atomic E-state index is 0.0572. The molecule has 0 aliphatic carbocycles. The highest BCUT2D eigenvalue weighted by atomic mass is 32.2. The summed E-state index contributed by atoms with van der Waals surface area (Å²) in [6.07, 6.45) is 3.68. The molecule has 2 atom stereocenters. The Bertz CT molecular complexity index is 452. The van der Waals surface area contributed by atoms with Gasteiger partial charge in [-0.15, -0.1) is 0 Å². The van der Waals surface area contributed by atoms with Gasteiger partial charge < -0.3 is 5.32 Å². The van der Waals surface area contributed by atoms with Crippen LogP contribution >= 0.6 is 0 Å². The summed E-state index contributed by atoms with van der Waals surface area (Å²) in [5, 5.41) is 2.83. The Labute approximate surface area is 121 Å². The van der Waals surface area contributed by atoms with Crippen molar-refractivity contribution < 1.29 is 13.2 Å². The van der Waals surface area contributed by atoms with Gasteiger partial charge in [-0.25, -0.2) is 0 Å². The zero-order valence-corrected chi connectivity index (χ0v) is 13.2. The van der Waals surface area contributed by atoms with E-state index in [9.17, 15) is 13.2 Å². The number of amides is 1. The molecule has 1 amide bonds. The third kappa shape index (κ3) is 3.71. The number of piperidine rings is 2. The summed E-state index contributed by atoms with van der Waals surface area (Å²) in [7, 11) is -3.37. The third-order valence-electron chi connectivity index (χ3n) is 4.06. The molecule has 2 aliphatic heterocycles. The molecule has 0 spiro atoms. The van der Waals surface area contributed by atoms with E-state index in [-0.39, 0.29) is 11.9 Å². The molecule has 0 radical (unpaired) electrons. The first-order chi connectivity index (χ1) is 9.39. The van der Waals surface area contributed by atoms with Crippen LogP contribution in [-0.4, -0.2) is 55.2 Å². The summed E-state index contributed by atoms with van der Waals surface area (Å²) in [6.45, 7) is 5.76. The van der Waals surface area contributed by atoms with Gasteiger partial charge in [0.25, 0.3) is 10.2 Å². The van der Waals surface area contributed by atoms with Crippen molar-refractivity contribution in [1.82, 2.24) is 13.9 Å². The SMILES string of the molecule is CC(=O)NC1CCCN(S(=O)(=O)N2CCCC(C)C2)C1. The van der Waals surface area contributed by atoms with Crippen LogP contribution in [0.2, 0.25) is 0 Å². The minimum atomic E-state index is -3.37. The number of carbonyl (C=O) groups is 1. The van der Waals surface area contributed by atoms with Gasteiger partial charge >= 0.3 is 0 Å². The lowest BCUT2D eigenvalue weighted by Crippen LogP contribution is -2.54. The van der Waals surface area contributed by atoms with Crippen LogP contribution in [0, 0.1) is 5.92 Å². The van der Waals surface area contributed by atoms with Gasteiger partial charge in [0.05, 0.1) is 0 Å². The van der Waals surface area contributed by atoms with Crippen LogP contribution < -0.4 is 5.32 Å². The smallest absolute Gasteiger partial charge is 0.282 e. The maximum atomic E-state index is 12.7. The molecule has 2 saturated heterocycles. The second-order valence-corrected chi connectivity index (χ2v) is 7.94. The molecule has 6 nitrogen and oxygen atoms in total. The minimum Gasteiger partial charge on any atom is -0.352 e. The average Bonchev–Trinajstić information content (AvgIpc) is 2.38. The number of hydrogen-bond acceptors (Lipinski definition) is 3. The Morgan fingerprint density at radius 3 is 2.30 bits per heavy atom. The summed E-state index contributed by atoms with van der Waals surface area (Å²) in [5.74, 6) is 0.329. The van der Waals surface area contributed by atoms with Gasteiger partial charge in [0.2, 0.25) is 5.91 Å². The summed E-state index contributed by atoms with van der Waals surface area (Å²) in [5.41, 5.74) is 0. The maximum absolute atomic E-state index is 12.7. The largest absolute Gasteiger partial charge is 0.352 e. The summed E-state index contributed by atoms with van der Waals surface area (Å²) in [4.78, 5) is 11.1. The van der Waals surface area contributed by atoms with Gasteiger partial charge in [0, 0.05) is 39.1 Å². The van der Waals surface area contributed by atoms with Gasteiger partial charge in [0.1, 0.15) is 0 Å². The predicted molar refractivity (Wildman–Crippen MR) is 77.3 cm³/mol. The zero-order chi connectivity index (χ0) is 14.8. The molecule has 2 aliphatic rings.